The Kier molecular flexibility index (Phi) is 4.22. The molecule has 0 aliphatic carbocycles. The Bertz CT molecular complexity index is 777. The van der Waals surface area contributed by atoms with Gasteiger partial charge in [-0.25, -0.2) is 0 Å². The Morgan fingerprint density at radius 2 is 1.96 bits per heavy atom. The van der Waals surface area contributed by atoms with Crippen molar-refractivity contribution < 1.29 is 9.53 Å². The molecule has 3 rings (SSSR count). The van der Waals surface area contributed by atoms with Gasteiger partial charge in [-0.1, -0.05) is 12.1 Å². The molecule has 1 amide bonds. The number of rotatable bonds is 2. The van der Waals surface area contributed by atoms with Crippen molar-refractivity contribution in [3.05, 3.63) is 41.1 Å². The Labute approximate surface area is 143 Å². The van der Waals surface area contributed by atoms with Crippen molar-refractivity contribution in [2.75, 3.05) is 19.8 Å². The molecule has 0 N–H and O–H groups in total. The first-order valence-corrected chi connectivity index (χ1v) is 8.31. The number of benzene rings is 1. The van der Waals surface area contributed by atoms with Gasteiger partial charge in [0.25, 0.3) is 5.91 Å². The Morgan fingerprint density at radius 3 is 2.62 bits per heavy atom. The van der Waals surface area contributed by atoms with Gasteiger partial charge in [0.15, 0.2) is 5.69 Å². The third-order valence-corrected chi connectivity index (χ3v) is 4.79. The van der Waals surface area contributed by atoms with Gasteiger partial charge < -0.3 is 9.64 Å². The van der Waals surface area contributed by atoms with Crippen LogP contribution in [0.15, 0.2) is 24.3 Å². The monoisotopic (exact) mass is 327 g/mol. The van der Waals surface area contributed by atoms with Crippen molar-refractivity contribution in [1.82, 2.24) is 14.7 Å². The second-order valence-electron chi connectivity index (χ2n) is 7.16. The first-order valence-electron chi connectivity index (χ1n) is 8.31. The third-order valence-electron chi connectivity index (χ3n) is 4.79. The predicted octanol–water partition coefficient (Wildman–Crippen LogP) is 2.95. The zero-order valence-electron chi connectivity index (χ0n) is 15.1. The van der Waals surface area contributed by atoms with E-state index in [4.69, 9.17) is 4.74 Å². The minimum atomic E-state index is -0.312. The van der Waals surface area contributed by atoms with Crippen LogP contribution in [0.1, 0.15) is 35.5 Å². The van der Waals surface area contributed by atoms with E-state index in [0.29, 0.717) is 25.5 Å². The average molecular weight is 327 g/mol. The van der Waals surface area contributed by atoms with E-state index >= 15 is 0 Å². The highest BCUT2D eigenvalue weighted by Crippen LogP contribution is 2.25. The summed E-state index contributed by atoms with van der Waals surface area (Å²) in [5.74, 6) is -0.0333. The van der Waals surface area contributed by atoms with Gasteiger partial charge in [-0.2, -0.15) is 5.10 Å². The molecule has 24 heavy (non-hydrogen) atoms. The van der Waals surface area contributed by atoms with Crippen LogP contribution in [0.5, 0.6) is 0 Å². The topological polar surface area (TPSA) is 47.4 Å². The molecule has 1 saturated heterocycles. The van der Waals surface area contributed by atoms with Crippen LogP contribution >= 0.6 is 0 Å². The van der Waals surface area contributed by atoms with E-state index in [0.717, 1.165) is 11.3 Å². The zero-order chi connectivity index (χ0) is 17.5. The lowest BCUT2D eigenvalue weighted by Gasteiger charge is -2.41. The lowest BCUT2D eigenvalue weighted by atomic mass is 10.0. The lowest BCUT2D eigenvalue weighted by Crippen LogP contribution is -2.55. The summed E-state index contributed by atoms with van der Waals surface area (Å²) < 4.78 is 7.29. The van der Waals surface area contributed by atoms with Crippen molar-refractivity contribution in [1.29, 1.82) is 0 Å². The number of carbonyl (C=O) groups is 1. The van der Waals surface area contributed by atoms with Gasteiger partial charge in [0.2, 0.25) is 0 Å². The van der Waals surface area contributed by atoms with Crippen LogP contribution in [0.3, 0.4) is 0 Å². The SMILES string of the molecule is Cc1ccc(-c2cc(C(=O)N3CCOCC3(C)C)nn2C)cc1C. The number of amides is 1. The highest BCUT2D eigenvalue weighted by molar-refractivity contribution is 5.94. The normalized spacial score (nSPS) is 17.1. The van der Waals surface area contributed by atoms with E-state index in [1.165, 1.54) is 11.1 Å². The van der Waals surface area contributed by atoms with Crippen molar-refractivity contribution >= 4 is 5.91 Å². The number of hydrogen-bond acceptors (Lipinski definition) is 3. The van der Waals surface area contributed by atoms with Crippen molar-refractivity contribution in [3.8, 4) is 11.3 Å². The maximum absolute atomic E-state index is 12.9. The number of hydrogen-bond donors (Lipinski definition) is 0. The molecule has 1 aliphatic heterocycles. The fourth-order valence-electron chi connectivity index (χ4n) is 3.12. The first-order chi connectivity index (χ1) is 11.3. The second-order valence-corrected chi connectivity index (χ2v) is 7.16. The van der Waals surface area contributed by atoms with E-state index < -0.39 is 0 Å². The second kappa shape index (κ2) is 6.06. The van der Waals surface area contributed by atoms with Gasteiger partial charge in [0, 0.05) is 19.2 Å². The fourth-order valence-corrected chi connectivity index (χ4v) is 3.12. The standard InChI is InChI=1S/C19H25N3O2/c1-13-6-7-15(10-14(13)2)17-11-16(20-21(17)5)18(23)22-8-9-24-12-19(22,3)4/h6-7,10-11H,8-9,12H2,1-5H3. The van der Waals surface area contributed by atoms with Crippen molar-refractivity contribution in [2.24, 2.45) is 7.05 Å². The molecule has 0 bridgehead atoms. The smallest absolute Gasteiger partial charge is 0.274 e. The van der Waals surface area contributed by atoms with Gasteiger partial charge >= 0.3 is 0 Å². The molecule has 0 radical (unpaired) electrons. The summed E-state index contributed by atoms with van der Waals surface area (Å²) in [7, 11) is 1.88. The molecule has 1 fully saturated rings. The summed E-state index contributed by atoms with van der Waals surface area (Å²) in [6.07, 6.45) is 0. The number of morpholine rings is 1. The maximum Gasteiger partial charge on any atom is 0.274 e. The minimum Gasteiger partial charge on any atom is -0.377 e. The number of nitrogens with zero attached hydrogens (tertiary/aromatic N) is 3. The molecule has 0 saturated carbocycles. The van der Waals surface area contributed by atoms with Crippen molar-refractivity contribution in [3.63, 3.8) is 0 Å². The molecule has 0 spiro atoms. The Hall–Kier alpha value is -2.14. The number of aromatic nitrogens is 2. The Balaban J connectivity index is 1.93. The summed E-state index contributed by atoms with van der Waals surface area (Å²) >= 11 is 0. The first kappa shape index (κ1) is 16.7. The molecule has 0 unspecified atom stereocenters. The van der Waals surface area contributed by atoms with Crippen LogP contribution in [0.4, 0.5) is 0 Å². The molecule has 5 nitrogen and oxygen atoms in total. The van der Waals surface area contributed by atoms with E-state index in [9.17, 15) is 4.79 Å². The molecule has 1 aromatic heterocycles. The fraction of sp³-hybridized carbons (Fsp3) is 0.474. The highest BCUT2D eigenvalue weighted by atomic mass is 16.5. The van der Waals surface area contributed by atoms with Gasteiger partial charge in [-0.3, -0.25) is 9.48 Å². The third kappa shape index (κ3) is 2.96. The maximum atomic E-state index is 12.9. The van der Waals surface area contributed by atoms with Gasteiger partial charge in [-0.05, 0) is 51.0 Å². The summed E-state index contributed by atoms with van der Waals surface area (Å²) in [5.41, 5.74) is 4.69. The van der Waals surface area contributed by atoms with Crippen LogP contribution in [0.2, 0.25) is 0 Å². The van der Waals surface area contributed by atoms with E-state index in [1.807, 2.05) is 31.9 Å². The summed E-state index contributed by atoms with van der Waals surface area (Å²) in [5, 5.41) is 4.46. The number of aryl methyl sites for hydroxylation is 3. The highest BCUT2D eigenvalue weighted by Gasteiger charge is 2.35. The number of ether oxygens (including phenoxy) is 1. The molecule has 0 atom stereocenters. The molecule has 2 heterocycles. The quantitative estimate of drug-likeness (QED) is 0.852. The van der Waals surface area contributed by atoms with Gasteiger partial charge in [-0.15, -0.1) is 0 Å². The van der Waals surface area contributed by atoms with Crippen molar-refractivity contribution in [2.45, 2.75) is 33.2 Å². The largest absolute Gasteiger partial charge is 0.377 e. The van der Waals surface area contributed by atoms with Gasteiger partial charge in [0.1, 0.15) is 0 Å². The molecule has 1 aromatic carbocycles. The molecule has 1 aliphatic rings. The van der Waals surface area contributed by atoms with E-state index in [-0.39, 0.29) is 11.4 Å². The van der Waals surface area contributed by atoms with Gasteiger partial charge in [0.05, 0.1) is 24.4 Å². The van der Waals surface area contributed by atoms with E-state index in [2.05, 4.69) is 37.1 Å². The zero-order valence-corrected chi connectivity index (χ0v) is 15.1. The van der Waals surface area contributed by atoms with Crippen LogP contribution < -0.4 is 0 Å². The predicted molar refractivity (Wildman–Crippen MR) is 94.1 cm³/mol. The minimum absolute atomic E-state index is 0.0333. The molecule has 5 heteroatoms. The lowest BCUT2D eigenvalue weighted by molar-refractivity contribution is -0.0373. The summed E-state index contributed by atoms with van der Waals surface area (Å²) in [4.78, 5) is 14.8. The van der Waals surface area contributed by atoms with Crippen LogP contribution in [-0.2, 0) is 11.8 Å². The molecular formula is C19H25N3O2. The summed E-state index contributed by atoms with van der Waals surface area (Å²) in [6, 6.07) is 8.20. The average Bonchev–Trinajstić information content (AvgIpc) is 2.91. The molecular weight excluding hydrogens is 302 g/mol. The molecule has 128 valence electrons. The van der Waals surface area contributed by atoms with Crippen LogP contribution in [0, 0.1) is 13.8 Å². The van der Waals surface area contributed by atoms with Crippen LogP contribution in [-0.4, -0.2) is 45.9 Å². The van der Waals surface area contributed by atoms with Crippen LogP contribution in [0.25, 0.3) is 11.3 Å². The molecule has 2 aromatic rings. The van der Waals surface area contributed by atoms with E-state index in [1.54, 1.807) is 4.68 Å². The number of carbonyl (C=O) groups excluding carboxylic acids is 1. The Morgan fingerprint density at radius 1 is 1.21 bits per heavy atom. The summed E-state index contributed by atoms with van der Waals surface area (Å²) in [6.45, 7) is 9.97.